The van der Waals surface area contributed by atoms with Crippen LogP contribution in [0.25, 0.3) is 0 Å². The van der Waals surface area contributed by atoms with Crippen molar-refractivity contribution < 1.29 is 4.79 Å². The summed E-state index contributed by atoms with van der Waals surface area (Å²) < 4.78 is 1.64. The van der Waals surface area contributed by atoms with E-state index in [-0.39, 0.29) is 5.91 Å². The van der Waals surface area contributed by atoms with Crippen molar-refractivity contribution in [2.45, 2.75) is 20.4 Å². The van der Waals surface area contributed by atoms with Crippen LogP contribution in [-0.4, -0.2) is 15.7 Å². The number of aromatic nitrogens is 2. The molecule has 0 aliphatic carbocycles. The fraction of sp³-hybridized carbons (Fsp3) is 0.158. The van der Waals surface area contributed by atoms with Crippen molar-refractivity contribution in [3.8, 4) is 0 Å². The highest BCUT2D eigenvalue weighted by Crippen LogP contribution is 2.23. The van der Waals surface area contributed by atoms with Crippen molar-refractivity contribution in [1.29, 1.82) is 0 Å². The third kappa shape index (κ3) is 4.03. The quantitative estimate of drug-likeness (QED) is 0.690. The normalized spacial score (nSPS) is 10.7. The van der Waals surface area contributed by atoms with Crippen LogP contribution in [0.2, 0.25) is 10.2 Å². The highest BCUT2D eigenvalue weighted by atomic mass is 35.5. The predicted octanol–water partition coefficient (Wildman–Crippen LogP) is 5.11. The Hall–Kier alpha value is -2.30. The number of amides is 1. The Morgan fingerprint density at radius 3 is 2.32 bits per heavy atom. The minimum atomic E-state index is -0.292. The zero-order chi connectivity index (χ0) is 18.0. The Labute approximate surface area is 156 Å². The zero-order valence-corrected chi connectivity index (χ0v) is 15.4. The first kappa shape index (κ1) is 17.5. The summed E-state index contributed by atoms with van der Waals surface area (Å²) in [5, 5.41) is 8.16. The van der Waals surface area contributed by atoms with Crippen LogP contribution in [-0.2, 0) is 6.54 Å². The molecule has 0 atom stereocenters. The maximum atomic E-state index is 12.6. The molecular weight excluding hydrogens is 357 g/mol. The second kappa shape index (κ2) is 7.30. The second-order valence-electron chi connectivity index (χ2n) is 5.86. The molecule has 1 amide bonds. The minimum absolute atomic E-state index is 0.292. The maximum absolute atomic E-state index is 12.6. The highest BCUT2D eigenvalue weighted by molar-refractivity contribution is 6.33. The van der Waals surface area contributed by atoms with Gasteiger partial charge in [-0.3, -0.25) is 4.79 Å². The van der Waals surface area contributed by atoms with E-state index in [1.54, 1.807) is 35.9 Å². The summed E-state index contributed by atoms with van der Waals surface area (Å²) in [7, 11) is 0. The largest absolute Gasteiger partial charge is 0.322 e. The van der Waals surface area contributed by atoms with E-state index in [0.717, 1.165) is 5.56 Å². The van der Waals surface area contributed by atoms with Crippen LogP contribution < -0.4 is 5.32 Å². The summed E-state index contributed by atoms with van der Waals surface area (Å²) in [5.74, 6) is -0.292. The van der Waals surface area contributed by atoms with Gasteiger partial charge in [0, 0.05) is 10.7 Å². The fourth-order valence-corrected chi connectivity index (χ4v) is 2.96. The van der Waals surface area contributed by atoms with Gasteiger partial charge in [0.15, 0.2) is 0 Å². The monoisotopic (exact) mass is 373 g/mol. The summed E-state index contributed by atoms with van der Waals surface area (Å²) >= 11 is 12.3. The lowest BCUT2D eigenvalue weighted by atomic mass is 10.1. The molecule has 0 saturated heterocycles. The number of nitrogens with one attached hydrogen (secondary N) is 1. The number of carbonyl (C=O) groups is 1. The lowest BCUT2D eigenvalue weighted by Crippen LogP contribution is -2.13. The smallest absolute Gasteiger partial charge is 0.260 e. The molecule has 6 heteroatoms. The number of carbonyl (C=O) groups excluding carboxylic acids is 1. The van der Waals surface area contributed by atoms with Crippen LogP contribution in [0, 0.1) is 13.8 Å². The van der Waals surface area contributed by atoms with Gasteiger partial charge in [-0.2, -0.15) is 5.10 Å². The minimum Gasteiger partial charge on any atom is -0.322 e. The number of nitrogens with zero attached hydrogens (tertiary/aromatic N) is 2. The lowest BCUT2D eigenvalue weighted by Gasteiger charge is -2.06. The molecule has 3 aromatic rings. The number of hydrogen-bond acceptors (Lipinski definition) is 2. The van der Waals surface area contributed by atoms with Crippen LogP contribution in [0.1, 0.15) is 27.2 Å². The number of hydrogen-bond donors (Lipinski definition) is 1. The molecule has 0 unspecified atom stereocenters. The van der Waals surface area contributed by atoms with Gasteiger partial charge in [0.1, 0.15) is 5.15 Å². The van der Waals surface area contributed by atoms with Gasteiger partial charge in [-0.1, -0.05) is 53.0 Å². The second-order valence-corrected chi connectivity index (χ2v) is 6.65. The van der Waals surface area contributed by atoms with Crippen molar-refractivity contribution in [2.24, 2.45) is 0 Å². The average Bonchev–Trinajstić information content (AvgIpc) is 2.85. The van der Waals surface area contributed by atoms with Crippen molar-refractivity contribution >= 4 is 34.8 Å². The Kier molecular flexibility index (Phi) is 5.11. The van der Waals surface area contributed by atoms with E-state index in [0.29, 0.717) is 33.7 Å². The number of aryl methyl sites for hydroxylation is 2. The van der Waals surface area contributed by atoms with Gasteiger partial charge in [0.05, 0.1) is 17.8 Å². The molecule has 0 aliphatic heterocycles. The Balaban J connectivity index is 1.82. The van der Waals surface area contributed by atoms with E-state index in [9.17, 15) is 4.79 Å². The molecule has 1 aromatic heterocycles. The molecule has 128 valence electrons. The number of halogens is 2. The molecule has 0 saturated carbocycles. The first-order valence-electron chi connectivity index (χ1n) is 7.79. The topological polar surface area (TPSA) is 46.9 Å². The van der Waals surface area contributed by atoms with Gasteiger partial charge in [-0.05, 0) is 43.7 Å². The molecular formula is C19H17Cl2N3O. The molecule has 0 aliphatic rings. The van der Waals surface area contributed by atoms with E-state index < -0.39 is 0 Å². The summed E-state index contributed by atoms with van der Waals surface area (Å²) in [6.07, 6.45) is 0. The van der Waals surface area contributed by atoms with Gasteiger partial charge in [0.25, 0.3) is 5.91 Å². The molecule has 25 heavy (non-hydrogen) atoms. The van der Waals surface area contributed by atoms with E-state index in [1.807, 2.05) is 31.2 Å². The van der Waals surface area contributed by atoms with Gasteiger partial charge in [0.2, 0.25) is 0 Å². The Morgan fingerprint density at radius 1 is 1.04 bits per heavy atom. The van der Waals surface area contributed by atoms with Crippen LogP contribution >= 0.6 is 23.2 Å². The Bertz CT molecular complexity index is 900. The predicted molar refractivity (Wildman–Crippen MR) is 102 cm³/mol. The average molecular weight is 374 g/mol. The van der Waals surface area contributed by atoms with E-state index in [4.69, 9.17) is 23.2 Å². The first-order chi connectivity index (χ1) is 11.9. The standard InChI is InChI=1S/C19H17Cl2N3O/c1-12-3-5-14(6-4-12)11-24-18(21)17(13(2)23-24)19(25)22-16-9-7-15(20)8-10-16/h3-10H,11H2,1-2H3,(H,22,25). The van der Waals surface area contributed by atoms with Crippen molar-refractivity contribution in [1.82, 2.24) is 9.78 Å². The molecule has 1 heterocycles. The van der Waals surface area contributed by atoms with Crippen LogP contribution in [0.15, 0.2) is 48.5 Å². The van der Waals surface area contributed by atoms with E-state index in [2.05, 4.69) is 10.4 Å². The van der Waals surface area contributed by atoms with Crippen LogP contribution in [0.5, 0.6) is 0 Å². The number of benzene rings is 2. The zero-order valence-electron chi connectivity index (χ0n) is 13.9. The van der Waals surface area contributed by atoms with Crippen molar-refractivity contribution in [3.63, 3.8) is 0 Å². The van der Waals surface area contributed by atoms with Gasteiger partial charge in [-0.15, -0.1) is 0 Å². The molecule has 0 radical (unpaired) electrons. The lowest BCUT2D eigenvalue weighted by molar-refractivity contribution is 0.102. The van der Waals surface area contributed by atoms with E-state index >= 15 is 0 Å². The molecule has 2 aromatic carbocycles. The summed E-state index contributed by atoms with van der Waals surface area (Å²) in [5.41, 5.74) is 3.87. The fourth-order valence-electron chi connectivity index (χ4n) is 2.51. The van der Waals surface area contributed by atoms with Crippen molar-refractivity contribution in [2.75, 3.05) is 5.32 Å². The highest BCUT2D eigenvalue weighted by Gasteiger charge is 2.20. The van der Waals surface area contributed by atoms with Gasteiger partial charge in [-0.25, -0.2) is 4.68 Å². The molecule has 0 spiro atoms. The molecule has 0 bridgehead atoms. The Morgan fingerprint density at radius 2 is 1.68 bits per heavy atom. The third-order valence-corrected chi connectivity index (χ3v) is 4.48. The third-order valence-electron chi connectivity index (χ3n) is 3.85. The van der Waals surface area contributed by atoms with Crippen LogP contribution in [0.4, 0.5) is 5.69 Å². The SMILES string of the molecule is Cc1ccc(Cn2nc(C)c(C(=O)Nc3ccc(Cl)cc3)c2Cl)cc1. The summed E-state index contributed by atoms with van der Waals surface area (Å²) in [6, 6.07) is 15.0. The molecule has 3 rings (SSSR count). The van der Waals surface area contributed by atoms with Crippen molar-refractivity contribution in [3.05, 3.63) is 81.1 Å². The van der Waals surface area contributed by atoms with E-state index in [1.165, 1.54) is 5.56 Å². The summed E-state index contributed by atoms with van der Waals surface area (Å²) in [6.45, 7) is 4.32. The molecule has 4 nitrogen and oxygen atoms in total. The first-order valence-corrected chi connectivity index (χ1v) is 8.55. The maximum Gasteiger partial charge on any atom is 0.260 e. The molecule has 0 fully saturated rings. The van der Waals surface area contributed by atoms with Gasteiger partial charge < -0.3 is 5.32 Å². The van der Waals surface area contributed by atoms with Gasteiger partial charge >= 0.3 is 0 Å². The van der Waals surface area contributed by atoms with Crippen LogP contribution in [0.3, 0.4) is 0 Å². The number of rotatable bonds is 4. The summed E-state index contributed by atoms with van der Waals surface area (Å²) in [4.78, 5) is 12.6. The number of anilines is 1. The molecule has 1 N–H and O–H groups in total.